The number of piperidine rings is 1. The lowest BCUT2D eigenvalue weighted by Gasteiger charge is -2.50. The van der Waals surface area contributed by atoms with Crippen molar-refractivity contribution in [2.45, 2.75) is 69.9 Å². The van der Waals surface area contributed by atoms with E-state index < -0.39 is 6.04 Å². The highest BCUT2D eigenvalue weighted by Gasteiger charge is 2.49. The molecule has 2 aromatic rings. The van der Waals surface area contributed by atoms with Crippen LogP contribution >= 0.6 is 0 Å². The van der Waals surface area contributed by atoms with Crippen LogP contribution in [0.1, 0.15) is 69.7 Å². The van der Waals surface area contributed by atoms with Gasteiger partial charge in [-0.15, -0.1) is 0 Å². The summed E-state index contributed by atoms with van der Waals surface area (Å²) in [4.78, 5) is 33.8. The van der Waals surface area contributed by atoms with Crippen molar-refractivity contribution >= 4 is 22.8 Å². The minimum atomic E-state index is -0.453. The van der Waals surface area contributed by atoms with E-state index in [-0.39, 0.29) is 30.0 Å². The zero-order valence-corrected chi connectivity index (χ0v) is 21.1. The van der Waals surface area contributed by atoms with Crippen molar-refractivity contribution in [2.24, 2.45) is 5.92 Å². The molecule has 1 aromatic heterocycles. The van der Waals surface area contributed by atoms with E-state index in [1.165, 1.54) is 5.56 Å². The maximum atomic E-state index is 13.3. The molecule has 35 heavy (non-hydrogen) atoms. The Balaban J connectivity index is 1.53. The van der Waals surface area contributed by atoms with E-state index in [0.29, 0.717) is 25.5 Å². The van der Waals surface area contributed by atoms with Gasteiger partial charge in [0.25, 0.3) is 0 Å². The highest BCUT2D eigenvalue weighted by molar-refractivity contribution is 5.89. The number of aromatic nitrogens is 1. The third kappa shape index (κ3) is 4.15. The summed E-state index contributed by atoms with van der Waals surface area (Å²) in [5.41, 5.74) is 2.75. The number of nitrogens with zero attached hydrogens (tertiary/aromatic N) is 2. The molecule has 0 unspecified atom stereocenters. The molecule has 1 saturated carbocycles. The molecule has 8 nitrogen and oxygen atoms in total. The fourth-order valence-corrected chi connectivity index (χ4v) is 6.54. The van der Waals surface area contributed by atoms with Crippen molar-refractivity contribution in [1.82, 2.24) is 20.1 Å². The Morgan fingerprint density at radius 1 is 1.23 bits per heavy atom. The number of amides is 3. The minimum Gasteiger partial charge on any atom is -0.497 e. The lowest BCUT2D eigenvalue weighted by atomic mass is 9.68. The number of rotatable bonds is 4. The fourth-order valence-electron chi connectivity index (χ4n) is 6.54. The number of nitrogens with one attached hydrogen (secondary N) is 2. The molecule has 0 radical (unpaired) electrons. The second kappa shape index (κ2) is 9.37. The third-order valence-corrected chi connectivity index (χ3v) is 8.33. The number of hydrogen-bond acceptors (Lipinski definition) is 4. The van der Waals surface area contributed by atoms with Crippen LogP contribution in [0.15, 0.2) is 18.2 Å². The number of urea groups is 1. The molecule has 1 aliphatic carbocycles. The zero-order valence-electron chi connectivity index (χ0n) is 21.1. The standard InChI is InChI=1S/C27H38N4O4/c1-17(2)28-26(34)31-16-27(10-12-30(13-11-27)25(33)18-6-4-5-7-18)23-20-9-8-19(35-3)14-21(20)29-24(23)22(31)15-32/h8-9,14,17-18,22,29,32H,4-7,10-13,15-16H2,1-3H3,(H,28,34)/t22-/m1/s1. The molecule has 3 N–H and O–H groups in total. The predicted molar refractivity (Wildman–Crippen MR) is 135 cm³/mol. The number of H-pyrrole nitrogens is 1. The first-order chi connectivity index (χ1) is 16.9. The van der Waals surface area contributed by atoms with E-state index in [2.05, 4.69) is 21.3 Å². The number of benzene rings is 1. The van der Waals surface area contributed by atoms with Crippen molar-refractivity contribution in [3.8, 4) is 5.75 Å². The summed E-state index contributed by atoms with van der Waals surface area (Å²) in [7, 11) is 1.65. The van der Waals surface area contributed by atoms with Crippen molar-refractivity contribution in [3.05, 3.63) is 29.5 Å². The number of carbonyl (C=O) groups excluding carboxylic acids is 2. The first-order valence-electron chi connectivity index (χ1n) is 13.0. The number of aliphatic hydroxyl groups is 1. The maximum absolute atomic E-state index is 13.3. The molecule has 1 saturated heterocycles. The van der Waals surface area contributed by atoms with Crippen LogP contribution in [0.2, 0.25) is 0 Å². The van der Waals surface area contributed by atoms with Gasteiger partial charge in [0.2, 0.25) is 5.91 Å². The lowest BCUT2D eigenvalue weighted by Crippen LogP contribution is -2.58. The Hall–Kier alpha value is -2.74. The van der Waals surface area contributed by atoms with Gasteiger partial charge in [-0.3, -0.25) is 4.79 Å². The van der Waals surface area contributed by atoms with Crippen LogP contribution in [-0.4, -0.2) is 71.2 Å². The molecule has 3 aliphatic rings. The quantitative estimate of drug-likeness (QED) is 0.619. The number of aliphatic hydroxyl groups excluding tert-OH is 1. The summed E-state index contributed by atoms with van der Waals surface area (Å²) in [6.07, 6.45) is 5.91. The van der Waals surface area contributed by atoms with Gasteiger partial charge in [0, 0.05) is 59.7 Å². The van der Waals surface area contributed by atoms with Crippen molar-refractivity contribution in [3.63, 3.8) is 0 Å². The second-order valence-corrected chi connectivity index (χ2v) is 10.8. The van der Waals surface area contributed by atoms with Gasteiger partial charge in [-0.25, -0.2) is 4.79 Å². The van der Waals surface area contributed by atoms with Gasteiger partial charge < -0.3 is 29.9 Å². The lowest BCUT2D eigenvalue weighted by molar-refractivity contribution is -0.137. The van der Waals surface area contributed by atoms with E-state index in [4.69, 9.17) is 4.74 Å². The number of hydrogen-bond donors (Lipinski definition) is 3. The molecule has 5 rings (SSSR count). The van der Waals surface area contributed by atoms with Gasteiger partial charge in [0.1, 0.15) is 5.75 Å². The topological polar surface area (TPSA) is 97.9 Å². The SMILES string of the molecule is COc1ccc2c3c([nH]c2c1)[C@@H](CO)N(C(=O)NC(C)C)CC31CCN(C(=O)C2CCCC2)CC1. The minimum absolute atomic E-state index is 0.00274. The van der Waals surface area contributed by atoms with Crippen LogP contribution in [0.5, 0.6) is 5.75 Å². The van der Waals surface area contributed by atoms with Crippen LogP contribution in [0.25, 0.3) is 10.9 Å². The van der Waals surface area contributed by atoms with Gasteiger partial charge in [-0.05, 0) is 57.2 Å². The Bertz CT molecular complexity index is 1100. The average Bonchev–Trinajstić information content (AvgIpc) is 3.52. The van der Waals surface area contributed by atoms with Gasteiger partial charge >= 0.3 is 6.03 Å². The molecule has 1 spiro atoms. The summed E-state index contributed by atoms with van der Waals surface area (Å²) in [5.74, 6) is 1.25. The maximum Gasteiger partial charge on any atom is 0.318 e. The number of likely N-dealkylation sites (tertiary alicyclic amines) is 1. The summed E-state index contributed by atoms with van der Waals surface area (Å²) < 4.78 is 5.45. The van der Waals surface area contributed by atoms with E-state index in [0.717, 1.165) is 60.9 Å². The van der Waals surface area contributed by atoms with E-state index in [1.54, 1.807) is 12.0 Å². The molecule has 1 aromatic carbocycles. The molecule has 8 heteroatoms. The summed E-state index contributed by atoms with van der Waals surface area (Å²) in [6.45, 7) is 5.64. The van der Waals surface area contributed by atoms with Gasteiger partial charge in [-0.2, -0.15) is 0 Å². The molecule has 2 aliphatic heterocycles. The average molecular weight is 483 g/mol. The van der Waals surface area contributed by atoms with Crippen LogP contribution in [-0.2, 0) is 10.2 Å². The number of methoxy groups -OCH3 is 1. The smallest absolute Gasteiger partial charge is 0.318 e. The van der Waals surface area contributed by atoms with E-state index >= 15 is 0 Å². The molecular formula is C27H38N4O4. The fraction of sp³-hybridized carbons (Fsp3) is 0.630. The molecule has 3 amide bonds. The van der Waals surface area contributed by atoms with Crippen molar-refractivity contribution in [2.75, 3.05) is 33.4 Å². The molecule has 3 heterocycles. The van der Waals surface area contributed by atoms with Gasteiger partial charge in [0.05, 0.1) is 19.8 Å². The van der Waals surface area contributed by atoms with Gasteiger partial charge in [0.15, 0.2) is 0 Å². The highest BCUT2D eigenvalue weighted by Crippen LogP contribution is 2.49. The summed E-state index contributed by atoms with van der Waals surface area (Å²) >= 11 is 0. The van der Waals surface area contributed by atoms with E-state index in [1.807, 2.05) is 26.0 Å². The molecule has 190 valence electrons. The first kappa shape index (κ1) is 24.0. The van der Waals surface area contributed by atoms with Crippen molar-refractivity contribution in [1.29, 1.82) is 0 Å². The molecular weight excluding hydrogens is 444 g/mol. The largest absolute Gasteiger partial charge is 0.497 e. The Morgan fingerprint density at radius 3 is 2.57 bits per heavy atom. The van der Waals surface area contributed by atoms with E-state index in [9.17, 15) is 14.7 Å². The molecule has 0 bridgehead atoms. The molecule has 1 atom stereocenters. The normalized spacial score (nSPS) is 22.1. The summed E-state index contributed by atoms with van der Waals surface area (Å²) in [5, 5.41) is 14.6. The highest BCUT2D eigenvalue weighted by atomic mass is 16.5. The second-order valence-electron chi connectivity index (χ2n) is 10.8. The number of carbonyl (C=O) groups is 2. The zero-order chi connectivity index (χ0) is 24.7. The number of ether oxygens (including phenoxy) is 1. The predicted octanol–water partition coefficient (Wildman–Crippen LogP) is 3.69. The van der Waals surface area contributed by atoms with Crippen molar-refractivity contribution < 1.29 is 19.4 Å². The van der Waals surface area contributed by atoms with Crippen LogP contribution in [0.3, 0.4) is 0 Å². The third-order valence-electron chi connectivity index (χ3n) is 8.33. The monoisotopic (exact) mass is 482 g/mol. The Kier molecular flexibility index (Phi) is 6.42. The summed E-state index contributed by atoms with van der Waals surface area (Å²) in [6, 6.07) is 5.41. The number of aromatic amines is 1. The first-order valence-corrected chi connectivity index (χ1v) is 13.0. The van der Waals surface area contributed by atoms with Crippen LogP contribution < -0.4 is 10.1 Å². The number of fused-ring (bicyclic) bond motifs is 4. The Labute approximate surface area is 207 Å². The van der Waals surface area contributed by atoms with Crippen LogP contribution in [0.4, 0.5) is 4.79 Å². The Morgan fingerprint density at radius 2 is 1.94 bits per heavy atom. The van der Waals surface area contributed by atoms with Gasteiger partial charge in [-0.1, -0.05) is 12.8 Å². The van der Waals surface area contributed by atoms with Crippen LogP contribution in [0, 0.1) is 5.92 Å². The molecule has 2 fully saturated rings.